The quantitative estimate of drug-likeness (QED) is 0.889. The molecule has 1 aliphatic rings. The van der Waals surface area contributed by atoms with Crippen molar-refractivity contribution in [2.24, 2.45) is 23.8 Å². The summed E-state index contributed by atoms with van der Waals surface area (Å²) < 4.78 is 1.97. The van der Waals surface area contributed by atoms with Gasteiger partial charge in [-0.15, -0.1) is 0 Å². The third kappa shape index (κ3) is 1.89. The average molecular weight is 249 g/mol. The Morgan fingerprint density at radius 2 is 1.72 bits per heavy atom. The SMILES string of the molecule is Cc1nn(C)c(C)c1CNCC1C(C)(C)C1(C)C. The van der Waals surface area contributed by atoms with Gasteiger partial charge in [0.2, 0.25) is 0 Å². The molecule has 1 heterocycles. The molecule has 0 bridgehead atoms. The van der Waals surface area contributed by atoms with Crippen LogP contribution in [-0.2, 0) is 13.6 Å². The summed E-state index contributed by atoms with van der Waals surface area (Å²) in [4.78, 5) is 0. The zero-order chi connectivity index (χ0) is 13.7. The van der Waals surface area contributed by atoms with Gasteiger partial charge in [0.25, 0.3) is 0 Å². The van der Waals surface area contributed by atoms with Crippen LogP contribution in [0.3, 0.4) is 0 Å². The van der Waals surface area contributed by atoms with Crippen LogP contribution in [0.5, 0.6) is 0 Å². The van der Waals surface area contributed by atoms with E-state index in [-0.39, 0.29) is 0 Å². The minimum atomic E-state index is 0.471. The van der Waals surface area contributed by atoms with Crippen molar-refractivity contribution in [2.45, 2.75) is 48.1 Å². The first-order chi connectivity index (χ1) is 8.19. The maximum atomic E-state index is 4.46. The number of nitrogens with zero attached hydrogens (tertiary/aromatic N) is 2. The summed E-state index contributed by atoms with van der Waals surface area (Å²) >= 11 is 0. The molecule has 1 aliphatic carbocycles. The Hall–Kier alpha value is -0.830. The monoisotopic (exact) mass is 249 g/mol. The van der Waals surface area contributed by atoms with Crippen molar-refractivity contribution in [1.82, 2.24) is 15.1 Å². The summed E-state index contributed by atoms with van der Waals surface area (Å²) in [6.45, 7) is 15.8. The normalized spacial score (nSPS) is 21.3. The van der Waals surface area contributed by atoms with Crippen LogP contribution in [0.4, 0.5) is 0 Å². The smallest absolute Gasteiger partial charge is 0.0641 e. The van der Waals surface area contributed by atoms with Gasteiger partial charge in [-0.05, 0) is 37.1 Å². The molecule has 18 heavy (non-hydrogen) atoms. The largest absolute Gasteiger partial charge is 0.312 e. The van der Waals surface area contributed by atoms with E-state index in [1.807, 2.05) is 11.7 Å². The molecular weight excluding hydrogens is 222 g/mol. The van der Waals surface area contributed by atoms with Gasteiger partial charge in [-0.2, -0.15) is 5.10 Å². The highest BCUT2D eigenvalue weighted by atomic mass is 15.3. The molecule has 1 aromatic heterocycles. The fourth-order valence-electron chi connectivity index (χ4n) is 3.26. The second-order valence-electron chi connectivity index (χ2n) is 6.90. The van der Waals surface area contributed by atoms with E-state index in [1.165, 1.54) is 11.3 Å². The van der Waals surface area contributed by atoms with Crippen molar-refractivity contribution >= 4 is 0 Å². The van der Waals surface area contributed by atoms with Crippen molar-refractivity contribution in [3.05, 3.63) is 17.0 Å². The van der Waals surface area contributed by atoms with E-state index in [2.05, 4.69) is 52.0 Å². The summed E-state index contributed by atoms with van der Waals surface area (Å²) in [5.41, 5.74) is 4.72. The van der Waals surface area contributed by atoms with Crippen LogP contribution in [0.1, 0.15) is 44.6 Å². The Kier molecular flexibility index (Phi) is 3.09. The van der Waals surface area contributed by atoms with Crippen LogP contribution in [-0.4, -0.2) is 16.3 Å². The predicted octanol–water partition coefficient (Wildman–Crippen LogP) is 2.81. The molecule has 0 radical (unpaired) electrons. The number of aromatic nitrogens is 2. The molecule has 2 rings (SSSR count). The molecule has 0 unspecified atom stereocenters. The van der Waals surface area contributed by atoms with Crippen LogP contribution in [0, 0.1) is 30.6 Å². The predicted molar refractivity (Wildman–Crippen MR) is 75.4 cm³/mol. The van der Waals surface area contributed by atoms with Gasteiger partial charge >= 0.3 is 0 Å². The lowest BCUT2D eigenvalue weighted by atomic mass is 10.0. The highest BCUT2D eigenvalue weighted by molar-refractivity contribution is 5.24. The van der Waals surface area contributed by atoms with E-state index in [4.69, 9.17) is 0 Å². The first-order valence-corrected chi connectivity index (χ1v) is 6.89. The Morgan fingerprint density at radius 3 is 2.11 bits per heavy atom. The molecule has 0 atom stereocenters. The second-order valence-corrected chi connectivity index (χ2v) is 6.90. The number of hydrogen-bond acceptors (Lipinski definition) is 2. The molecule has 3 heteroatoms. The lowest BCUT2D eigenvalue weighted by Gasteiger charge is -2.06. The Morgan fingerprint density at radius 1 is 1.17 bits per heavy atom. The standard InChI is InChI=1S/C15H27N3/c1-10-12(11(2)18(7)17-10)8-16-9-13-14(3,4)15(13,5)6/h13,16H,8-9H2,1-7H3. The van der Waals surface area contributed by atoms with Crippen LogP contribution >= 0.6 is 0 Å². The van der Waals surface area contributed by atoms with Gasteiger partial charge in [0.05, 0.1) is 5.69 Å². The maximum absolute atomic E-state index is 4.46. The molecule has 0 saturated heterocycles. The van der Waals surface area contributed by atoms with Crippen LogP contribution < -0.4 is 5.32 Å². The van der Waals surface area contributed by atoms with Crippen molar-refractivity contribution in [3.8, 4) is 0 Å². The highest BCUT2D eigenvalue weighted by Gasteiger charge is 2.63. The number of rotatable bonds is 4. The number of aryl methyl sites for hydroxylation is 2. The molecule has 1 aromatic rings. The first-order valence-electron chi connectivity index (χ1n) is 6.89. The van der Waals surface area contributed by atoms with Crippen molar-refractivity contribution < 1.29 is 0 Å². The van der Waals surface area contributed by atoms with Crippen molar-refractivity contribution in [1.29, 1.82) is 0 Å². The summed E-state index contributed by atoms with van der Waals surface area (Å²) in [5.74, 6) is 0.780. The summed E-state index contributed by atoms with van der Waals surface area (Å²) in [5, 5.41) is 8.07. The third-order valence-corrected chi connectivity index (χ3v) is 5.63. The van der Waals surface area contributed by atoms with Gasteiger partial charge in [0.15, 0.2) is 0 Å². The molecule has 0 spiro atoms. The Labute approximate surface area is 111 Å². The van der Waals surface area contributed by atoms with Gasteiger partial charge in [0, 0.05) is 24.8 Å². The van der Waals surface area contributed by atoms with Gasteiger partial charge in [-0.3, -0.25) is 4.68 Å². The molecule has 1 fully saturated rings. The maximum Gasteiger partial charge on any atom is 0.0641 e. The minimum absolute atomic E-state index is 0.471. The van der Waals surface area contributed by atoms with Crippen LogP contribution in [0.2, 0.25) is 0 Å². The number of nitrogens with one attached hydrogen (secondary N) is 1. The first kappa shape index (κ1) is 13.6. The average Bonchev–Trinajstić information content (AvgIpc) is 2.49. The fourth-order valence-corrected chi connectivity index (χ4v) is 3.26. The highest BCUT2D eigenvalue weighted by Crippen LogP contribution is 2.67. The topological polar surface area (TPSA) is 29.9 Å². The molecule has 0 amide bonds. The second kappa shape index (κ2) is 4.09. The van der Waals surface area contributed by atoms with E-state index in [0.29, 0.717) is 10.8 Å². The van der Waals surface area contributed by atoms with Gasteiger partial charge < -0.3 is 5.32 Å². The minimum Gasteiger partial charge on any atom is -0.312 e. The molecule has 102 valence electrons. The third-order valence-electron chi connectivity index (χ3n) is 5.63. The Balaban J connectivity index is 1.91. The summed E-state index contributed by atoms with van der Waals surface area (Å²) in [6.07, 6.45) is 0. The number of hydrogen-bond donors (Lipinski definition) is 1. The fraction of sp³-hybridized carbons (Fsp3) is 0.800. The van der Waals surface area contributed by atoms with Gasteiger partial charge in [-0.1, -0.05) is 27.7 Å². The van der Waals surface area contributed by atoms with Crippen molar-refractivity contribution in [2.75, 3.05) is 6.54 Å². The zero-order valence-electron chi connectivity index (χ0n) is 12.9. The lowest BCUT2D eigenvalue weighted by molar-refractivity contribution is 0.457. The van der Waals surface area contributed by atoms with E-state index in [9.17, 15) is 0 Å². The van der Waals surface area contributed by atoms with Crippen molar-refractivity contribution in [3.63, 3.8) is 0 Å². The molecule has 1 saturated carbocycles. The molecule has 0 aliphatic heterocycles. The molecule has 1 N–H and O–H groups in total. The van der Waals surface area contributed by atoms with Crippen LogP contribution in [0.25, 0.3) is 0 Å². The lowest BCUT2D eigenvalue weighted by Crippen LogP contribution is -2.19. The molecule has 0 aromatic carbocycles. The van der Waals surface area contributed by atoms with E-state index in [0.717, 1.165) is 24.7 Å². The zero-order valence-corrected chi connectivity index (χ0v) is 12.9. The summed E-state index contributed by atoms with van der Waals surface area (Å²) in [6, 6.07) is 0. The molecule has 3 nitrogen and oxygen atoms in total. The van der Waals surface area contributed by atoms with Gasteiger partial charge in [0.1, 0.15) is 0 Å². The summed E-state index contributed by atoms with van der Waals surface area (Å²) in [7, 11) is 2.01. The van der Waals surface area contributed by atoms with Crippen LogP contribution in [0.15, 0.2) is 0 Å². The van der Waals surface area contributed by atoms with E-state index in [1.54, 1.807) is 0 Å². The van der Waals surface area contributed by atoms with E-state index < -0.39 is 0 Å². The molecular formula is C15H27N3. The Bertz CT molecular complexity index is 441. The van der Waals surface area contributed by atoms with E-state index >= 15 is 0 Å². The van der Waals surface area contributed by atoms with Gasteiger partial charge in [-0.25, -0.2) is 0 Å².